The maximum atomic E-state index is 13.2. The van der Waals surface area contributed by atoms with E-state index in [1.54, 1.807) is 6.07 Å². The van der Waals surface area contributed by atoms with Crippen molar-refractivity contribution in [1.82, 2.24) is 15.5 Å². The molecule has 3 aliphatic rings. The minimum absolute atomic E-state index is 0.0135. The molecule has 0 aromatic heterocycles. The van der Waals surface area contributed by atoms with Crippen LogP contribution in [0.2, 0.25) is 10.0 Å². The number of piperazine rings is 1. The maximum Gasteiger partial charge on any atom is 0.322 e. The van der Waals surface area contributed by atoms with Crippen LogP contribution in [-0.2, 0) is 9.59 Å². The Morgan fingerprint density at radius 2 is 1.87 bits per heavy atom. The number of hydrogen-bond donors (Lipinski definition) is 2. The number of hydrogen-bond acceptors (Lipinski definition) is 4. The molecule has 1 saturated carbocycles. The van der Waals surface area contributed by atoms with Crippen molar-refractivity contribution in [3.8, 4) is 0 Å². The molecule has 0 radical (unpaired) electrons. The number of rotatable bonds is 5. The fourth-order valence-electron chi connectivity index (χ4n) is 4.81. The second-order valence-electron chi connectivity index (χ2n) is 8.71. The summed E-state index contributed by atoms with van der Waals surface area (Å²) in [7, 11) is 0. The van der Waals surface area contributed by atoms with E-state index in [0.29, 0.717) is 36.1 Å². The van der Waals surface area contributed by atoms with Crippen LogP contribution < -0.4 is 15.5 Å². The molecule has 2 saturated heterocycles. The third-order valence-electron chi connectivity index (χ3n) is 6.41. The van der Waals surface area contributed by atoms with Crippen molar-refractivity contribution in [2.24, 2.45) is 11.8 Å². The molecule has 9 heteroatoms. The molecule has 2 heterocycles. The van der Waals surface area contributed by atoms with Crippen LogP contribution in [0, 0.1) is 11.8 Å². The monoisotopic (exact) mass is 452 g/mol. The highest BCUT2D eigenvalue weighted by Crippen LogP contribution is 2.44. The first-order valence-corrected chi connectivity index (χ1v) is 11.1. The molecule has 0 bridgehead atoms. The summed E-state index contributed by atoms with van der Waals surface area (Å²) in [6.07, 6.45) is 2.12. The topological polar surface area (TPSA) is 81.8 Å². The second kappa shape index (κ2) is 7.93. The van der Waals surface area contributed by atoms with Crippen molar-refractivity contribution in [3.63, 3.8) is 0 Å². The summed E-state index contributed by atoms with van der Waals surface area (Å²) in [6.45, 7) is 5.73. The number of benzene rings is 1. The largest absolute Gasteiger partial charge is 0.365 e. The molecule has 4 rings (SSSR count). The molecule has 2 N–H and O–H groups in total. The zero-order valence-corrected chi connectivity index (χ0v) is 18.6. The fraction of sp³-hybridized carbons (Fsp3) is 0.571. The number of urea groups is 1. The van der Waals surface area contributed by atoms with Gasteiger partial charge in [0, 0.05) is 47.3 Å². The van der Waals surface area contributed by atoms with Crippen molar-refractivity contribution >= 4 is 46.7 Å². The molecular formula is C21H26Cl2N4O3. The summed E-state index contributed by atoms with van der Waals surface area (Å²) >= 11 is 12.3. The van der Waals surface area contributed by atoms with Gasteiger partial charge in [0.2, 0.25) is 5.91 Å². The van der Waals surface area contributed by atoms with E-state index in [-0.39, 0.29) is 29.7 Å². The molecule has 2 aliphatic heterocycles. The van der Waals surface area contributed by atoms with Crippen molar-refractivity contribution in [3.05, 3.63) is 28.2 Å². The molecule has 1 aliphatic carbocycles. The van der Waals surface area contributed by atoms with Crippen LogP contribution in [0.5, 0.6) is 0 Å². The van der Waals surface area contributed by atoms with Crippen LogP contribution in [0.15, 0.2) is 18.2 Å². The first kappa shape index (κ1) is 21.2. The lowest BCUT2D eigenvalue weighted by atomic mass is 9.83. The Hall–Kier alpha value is -1.99. The summed E-state index contributed by atoms with van der Waals surface area (Å²) in [6, 6.07) is 5.09. The molecule has 3 fully saturated rings. The lowest BCUT2D eigenvalue weighted by Crippen LogP contribution is -2.56. The molecule has 0 spiro atoms. The molecule has 7 nitrogen and oxygen atoms in total. The third kappa shape index (κ3) is 3.97. The Labute approximate surface area is 186 Å². The zero-order valence-electron chi connectivity index (χ0n) is 17.1. The number of nitrogens with zero attached hydrogens (tertiary/aromatic N) is 2. The van der Waals surface area contributed by atoms with Gasteiger partial charge in [-0.05, 0) is 50.3 Å². The summed E-state index contributed by atoms with van der Waals surface area (Å²) in [5.74, 6) is -0.540. The number of nitrogens with one attached hydrogen (secondary N) is 2. The van der Waals surface area contributed by atoms with Crippen LogP contribution >= 0.6 is 23.2 Å². The van der Waals surface area contributed by atoms with E-state index >= 15 is 0 Å². The molecule has 30 heavy (non-hydrogen) atoms. The minimum atomic E-state index is -0.947. The fourth-order valence-corrected chi connectivity index (χ4v) is 5.32. The molecule has 1 aromatic carbocycles. The molecule has 3 atom stereocenters. The average Bonchev–Trinajstić information content (AvgIpc) is 3.47. The molecular weight excluding hydrogens is 427 g/mol. The Balaban J connectivity index is 1.42. The lowest BCUT2D eigenvalue weighted by molar-refractivity contribution is -0.137. The van der Waals surface area contributed by atoms with E-state index in [1.165, 1.54) is 0 Å². The quantitative estimate of drug-likeness (QED) is 0.672. The highest BCUT2D eigenvalue weighted by molar-refractivity contribution is 6.35. The van der Waals surface area contributed by atoms with Crippen LogP contribution in [-0.4, -0.2) is 54.0 Å². The number of amides is 4. The van der Waals surface area contributed by atoms with Crippen LogP contribution in [0.4, 0.5) is 10.5 Å². The smallest absolute Gasteiger partial charge is 0.322 e. The molecule has 1 aromatic rings. The Morgan fingerprint density at radius 1 is 1.20 bits per heavy atom. The van der Waals surface area contributed by atoms with E-state index in [0.717, 1.165) is 18.5 Å². The molecule has 162 valence electrons. The van der Waals surface area contributed by atoms with Gasteiger partial charge in [-0.2, -0.15) is 0 Å². The van der Waals surface area contributed by atoms with Crippen molar-refractivity contribution in [2.45, 2.75) is 44.7 Å². The summed E-state index contributed by atoms with van der Waals surface area (Å²) in [5, 5.41) is 6.33. The van der Waals surface area contributed by atoms with Gasteiger partial charge in [0.25, 0.3) is 5.91 Å². The van der Waals surface area contributed by atoms with Gasteiger partial charge in [0.05, 0.1) is 0 Å². The molecule has 1 unspecified atom stereocenters. The van der Waals surface area contributed by atoms with Gasteiger partial charge in [-0.15, -0.1) is 0 Å². The van der Waals surface area contributed by atoms with Crippen LogP contribution in [0.3, 0.4) is 0 Å². The van der Waals surface area contributed by atoms with E-state index in [2.05, 4.69) is 22.5 Å². The zero-order chi connectivity index (χ0) is 21.6. The molecule has 4 amide bonds. The van der Waals surface area contributed by atoms with Crippen LogP contribution in [0.25, 0.3) is 0 Å². The maximum absolute atomic E-state index is 13.2. The first-order chi connectivity index (χ1) is 14.2. The summed E-state index contributed by atoms with van der Waals surface area (Å²) < 4.78 is 0. The van der Waals surface area contributed by atoms with Gasteiger partial charge in [-0.25, -0.2) is 4.79 Å². The van der Waals surface area contributed by atoms with Gasteiger partial charge < -0.3 is 15.1 Å². The SMILES string of the molecule is CC(C[C@@]1(C2CC2)NC(=O)NC1=O)C(=O)N1CCN(c2cc(Cl)cc(Cl)c2)[C@@H](C)C1. The first-order valence-electron chi connectivity index (χ1n) is 10.3. The predicted molar refractivity (Wildman–Crippen MR) is 116 cm³/mol. The normalized spacial score (nSPS) is 27.7. The Kier molecular flexibility index (Phi) is 5.62. The van der Waals surface area contributed by atoms with Crippen molar-refractivity contribution < 1.29 is 14.4 Å². The Bertz CT molecular complexity index is 871. The van der Waals surface area contributed by atoms with Crippen molar-refractivity contribution in [2.75, 3.05) is 24.5 Å². The number of carbonyl (C=O) groups is 3. The number of halogens is 2. The summed E-state index contributed by atoms with van der Waals surface area (Å²) in [4.78, 5) is 41.5. The number of carbonyl (C=O) groups excluding carboxylic acids is 3. The minimum Gasteiger partial charge on any atom is -0.365 e. The van der Waals surface area contributed by atoms with E-state index in [9.17, 15) is 14.4 Å². The van der Waals surface area contributed by atoms with Gasteiger partial charge >= 0.3 is 6.03 Å². The second-order valence-corrected chi connectivity index (χ2v) is 9.59. The van der Waals surface area contributed by atoms with Gasteiger partial charge in [0.1, 0.15) is 5.54 Å². The lowest BCUT2D eigenvalue weighted by Gasteiger charge is -2.42. The summed E-state index contributed by atoms with van der Waals surface area (Å²) in [5.41, 5.74) is -0.00453. The van der Waals surface area contributed by atoms with E-state index in [1.807, 2.05) is 24.0 Å². The van der Waals surface area contributed by atoms with Gasteiger partial charge in [-0.3, -0.25) is 14.9 Å². The predicted octanol–water partition coefficient (Wildman–Crippen LogP) is 3.04. The van der Waals surface area contributed by atoms with Gasteiger partial charge in [0.15, 0.2) is 0 Å². The third-order valence-corrected chi connectivity index (χ3v) is 6.85. The highest BCUT2D eigenvalue weighted by Gasteiger charge is 2.56. The van der Waals surface area contributed by atoms with Crippen LogP contribution in [0.1, 0.15) is 33.1 Å². The van der Waals surface area contributed by atoms with Gasteiger partial charge in [-0.1, -0.05) is 30.1 Å². The highest BCUT2D eigenvalue weighted by atomic mass is 35.5. The standard InChI is InChI=1S/C21H26Cl2N4O3/c1-12(10-21(14-3-4-14)19(29)24-20(30)25-21)18(28)26-5-6-27(13(2)11-26)17-8-15(22)7-16(23)9-17/h7-9,12-14H,3-6,10-11H2,1-2H3,(H2,24,25,29,30)/t12?,13-,21-/m0/s1. The average molecular weight is 453 g/mol. The van der Waals surface area contributed by atoms with E-state index < -0.39 is 11.6 Å². The Morgan fingerprint density at radius 3 is 2.40 bits per heavy atom. The number of imide groups is 1. The van der Waals surface area contributed by atoms with E-state index in [4.69, 9.17) is 23.2 Å². The number of anilines is 1. The van der Waals surface area contributed by atoms with Crippen molar-refractivity contribution in [1.29, 1.82) is 0 Å².